The minimum Gasteiger partial charge on any atom is -0.475 e. The van der Waals surface area contributed by atoms with Crippen LogP contribution in [-0.2, 0) is 4.79 Å². The Morgan fingerprint density at radius 2 is 2.00 bits per heavy atom. The number of rotatable bonds is 3. The molecule has 0 bridgehead atoms. The lowest BCUT2D eigenvalue weighted by Crippen LogP contribution is -2.31. The molecule has 1 aliphatic rings. The van der Waals surface area contributed by atoms with Crippen molar-refractivity contribution >= 4 is 11.8 Å². The van der Waals surface area contributed by atoms with Crippen molar-refractivity contribution in [2.24, 2.45) is 5.92 Å². The molecular weight excluding hydrogens is 287 g/mol. The van der Waals surface area contributed by atoms with Crippen molar-refractivity contribution in [2.75, 3.05) is 25.0 Å². The summed E-state index contributed by atoms with van der Waals surface area (Å²) in [5.41, 5.74) is 0. The highest BCUT2D eigenvalue weighted by Gasteiger charge is 2.38. The highest BCUT2D eigenvalue weighted by atomic mass is 19.4. The molecule has 21 heavy (non-hydrogen) atoms. The number of aromatic nitrogens is 1. The third-order valence-electron chi connectivity index (χ3n) is 2.94. The predicted octanol–water partition coefficient (Wildman–Crippen LogP) is 2.13. The lowest BCUT2D eigenvalue weighted by atomic mass is 9.98. The maximum absolute atomic E-state index is 10.6. The van der Waals surface area contributed by atoms with Crippen LogP contribution in [-0.4, -0.2) is 41.9 Å². The van der Waals surface area contributed by atoms with Crippen LogP contribution in [0.3, 0.4) is 0 Å². The minimum absolute atomic E-state index is 0.804. The third-order valence-corrected chi connectivity index (χ3v) is 2.94. The summed E-state index contributed by atoms with van der Waals surface area (Å²) in [5.74, 6) is -0.961. The van der Waals surface area contributed by atoms with E-state index in [1.54, 1.807) is 0 Å². The fourth-order valence-corrected chi connectivity index (χ4v) is 1.80. The summed E-state index contributed by atoms with van der Waals surface area (Å²) in [6.07, 6.45) is -0.704. The number of carboxylic acids is 1. The SMILES string of the molecule is O=C(O)C(F)(F)F.c1ccc(NCC2CCNCC2)nc1. The van der Waals surface area contributed by atoms with E-state index in [0.717, 1.165) is 31.4 Å². The highest BCUT2D eigenvalue weighted by molar-refractivity contribution is 5.73. The maximum atomic E-state index is 10.6. The summed E-state index contributed by atoms with van der Waals surface area (Å²) in [6, 6.07) is 5.97. The van der Waals surface area contributed by atoms with E-state index >= 15 is 0 Å². The number of pyridine rings is 1. The quantitative estimate of drug-likeness (QED) is 0.798. The van der Waals surface area contributed by atoms with E-state index in [0.29, 0.717) is 0 Å². The number of carboxylic acid groups (broad SMARTS) is 1. The van der Waals surface area contributed by atoms with Gasteiger partial charge in [0.05, 0.1) is 0 Å². The van der Waals surface area contributed by atoms with Gasteiger partial charge in [-0.05, 0) is 44.0 Å². The largest absolute Gasteiger partial charge is 0.490 e. The molecule has 0 aliphatic carbocycles. The molecule has 0 unspecified atom stereocenters. The number of halogens is 3. The Bertz CT molecular complexity index is 420. The highest BCUT2D eigenvalue weighted by Crippen LogP contribution is 2.13. The first kappa shape index (κ1) is 17.2. The second kappa shape index (κ2) is 8.46. The molecule has 3 N–H and O–H groups in total. The molecule has 1 fully saturated rings. The van der Waals surface area contributed by atoms with E-state index in [1.165, 1.54) is 12.8 Å². The van der Waals surface area contributed by atoms with Gasteiger partial charge in [0.25, 0.3) is 0 Å². The Kier molecular flexibility index (Phi) is 6.93. The predicted molar refractivity (Wildman–Crippen MR) is 72.0 cm³/mol. The summed E-state index contributed by atoms with van der Waals surface area (Å²) in [5, 5.41) is 13.9. The number of carbonyl (C=O) groups is 1. The van der Waals surface area contributed by atoms with E-state index in [9.17, 15) is 13.2 Å². The molecule has 0 saturated carbocycles. The van der Waals surface area contributed by atoms with Gasteiger partial charge in [-0.1, -0.05) is 6.07 Å². The third kappa shape index (κ3) is 7.50. The van der Waals surface area contributed by atoms with Gasteiger partial charge in [-0.2, -0.15) is 13.2 Å². The minimum atomic E-state index is -5.08. The smallest absolute Gasteiger partial charge is 0.475 e. The summed E-state index contributed by atoms with van der Waals surface area (Å²) < 4.78 is 31.7. The van der Waals surface area contributed by atoms with Gasteiger partial charge in [-0.3, -0.25) is 0 Å². The molecular formula is C13H18F3N3O2. The van der Waals surface area contributed by atoms with Crippen LogP contribution in [0.2, 0.25) is 0 Å². The van der Waals surface area contributed by atoms with Crippen LogP contribution < -0.4 is 10.6 Å². The van der Waals surface area contributed by atoms with Crippen LogP contribution in [0.5, 0.6) is 0 Å². The Hall–Kier alpha value is -1.83. The van der Waals surface area contributed by atoms with Gasteiger partial charge in [-0.25, -0.2) is 9.78 Å². The molecule has 1 aliphatic heterocycles. The van der Waals surface area contributed by atoms with E-state index < -0.39 is 12.1 Å². The fraction of sp³-hybridized carbons (Fsp3) is 0.538. The summed E-state index contributed by atoms with van der Waals surface area (Å²) in [6.45, 7) is 3.38. The van der Waals surface area contributed by atoms with Gasteiger partial charge < -0.3 is 15.7 Å². The first-order valence-electron chi connectivity index (χ1n) is 6.55. The van der Waals surface area contributed by atoms with Crippen molar-refractivity contribution in [3.63, 3.8) is 0 Å². The zero-order valence-corrected chi connectivity index (χ0v) is 11.4. The number of aliphatic carboxylic acids is 1. The molecule has 1 saturated heterocycles. The molecule has 0 amide bonds. The number of hydrogen-bond donors (Lipinski definition) is 3. The zero-order valence-electron chi connectivity index (χ0n) is 11.4. The second-order valence-corrected chi connectivity index (χ2v) is 4.59. The molecule has 8 heteroatoms. The summed E-state index contributed by atoms with van der Waals surface area (Å²) in [4.78, 5) is 13.1. The lowest BCUT2D eigenvalue weighted by molar-refractivity contribution is -0.192. The van der Waals surface area contributed by atoms with Crippen molar-refractivity contribution in [1.82, 2.24) is 10.3 Å². The molecule has 118 valence electrons. The topological polar surface area (TPSA) is 74.2 Å². The molecule has 1 aromatic rings. The Balaban J connectivity index is 0.000000270. The van der Waals surface area contributed by atoms with Crippen molar-refractivity contribution in [2.45, 2.75) is 19.0 Å². The van der Waals surface area contributed by atoms with Crippen molar-refractivity contribution in [3.05, 3.63) is 24.4 Å². The van der Waals surface area contributed by atoms with Crippen molar-refractivity contribution < 1.29 is 23.1 Å². The monoisotopic (exact) mass is 305 g/mol. The molecule has 2 heterocycles. The van der Waals surface area contributed by atoms with Gasteiger partial charge in [0.2, 0.25) is 0 Å². The Morgan fingerprint density at radius 3 is 2.48 bits per heavy atom. The Labute approximate surface area is 120 Å². The Morgan fingerprint density at radius 1 is 1.38 bits per heavy atom. The average Bonchev–Trinajstić information content (AvgIpc) is 2.47. The standard InChI is InChI=1S/C11H17N3.C2HF3O2/c1-2-6-13-11(3-1)14-9-10-4-7-12-8-5-10;3-2(4,5)1(6)7/h1-3,6,10,12H,4-5,7-9H2,(H,13,14);(H,6,7). The van der Waals surface area contributed by atoms with Crippen LogP contribution in [0.1, 0.15) is 12.8 Å². The van der Waals surface area contributed by atoms with Crippen LogP contribution >= 0.6 is 0 Å². The maximum Gasteiger partial charge on any atom is 0.490 e. The zero-order chi connectivity index (χ0) is 15.7. The first-order chi connectivity index (χ1) is 9.89. The first-order valence-corrected chi connectivity index (χ1v) is 6.55. The second-order valence-electron chi connectivity index (χ2n) is 4.59. The van der Waals surface area contributed by atoms with Gasteiger partial charge in [0.15, 0.2) is 0 Å². The number of anilines is 1. The fourth-order valence-electron chi connectivity index (χ4n) is 1.80. The summed E-state index contributed by atoms with van der Waals surface area (Å²) >= 11 is 0. The molecule has 0 radical (unpaired) electrons. The van der Waals surface area contributed by atoms with Gasteiger partial charge >= 0.3 is 12.1 Å². The molecule has 2 rings (SSSR count). The number of piperidine rings is 1. The van der Waals surface area contributed by atoms with E-state index in [2.05, 4.69) is 15.6 Å². The molecule has 0 aromatic carbocycles. The van der Waals surface area contributed by atoms with Gasteiger partial charge in [-0.15, -0.1) is 0 Å². The van der Waals surface area contributed by atoms with Gasteiger partial charge in [0.1, 0.15) is 5.82 Å². The van der Waals surface area contributed by atoms with E-state index in [4.69, 9.17) is 9.90 Å². The molecule has 0 atom stereocenters. The van der Waals surface area contributed by atoms with Crippen molar-refractivity contribution in [3.8, 4) is 0 Å². The van der Waals surface area contributed by atoms with Gasteiger partial charge in [0, 0.05) is 12.7 Å². The van der Waals surface area contributed by atoms with E-state index in [1.807, 2.05) is 24.4 Å². The summed E-state index contributed by atoms with van der Waals surface area (Å²) in [7, 11) is 0. The lowest BCUT2D eigenvalue weighted by Gasteiger charge is -2.22. The number of hydrogen-bond acceptors (Lipinski definition) is 4. The number of nitrogens with zero attached hydrogens (tertiary/aromatic N) is 1. The van der Waals surface area contributed by atoms with Crippen LogP contribution in [0, 0.1) is 5.92 Å². The molecule has 5 nitrogen and oxygen atoms in total. The molecule has 1 aromatic heterocycles. The van der Waals surface area contributed by atoms with Crippen molar-refractivity contribution in [1.29, 1.82) is 0 Å². The number of nitrogens with one attached hydrogen (secondary N) is 2. The molecule has 0 spiro atoms. The van der Waals surface area contributed by atoms with E-state index in [-0.39, 0.29) is 0 Å². The van der Waals surface area contributed by atoms with Crippen LogP contribution in [0.4, 0.5) is 19.0 Å². The van der Waals surface area contributed by atoms with Crippen LogP contribution in [0.25, 0.3) is 0 Å². The average molecular weight is 305 g/mol. The van der Waals surface area contributed by atoms with Crippen LogP contribution in [0.15, 0.2) is 24.4 Å². The number of alkyl halides is 3. The normalized spacial score (nSPS) is 15.8.